The zero-order valence-corrected chi connectivity index (χ0v) is 8.65. The molecule has 0 amide bonds. The number of hydrogen-bond acceptors (Lipinski definition) is 0. The van der Waals surface area contributed by atoms with E-state index in [0.717, 1.165) is 22.3 Å². The molecule has 0 unspecified atom stereocenters. The molecule has 0 nitrogen and oxygen atoms in total. The molecule has 1 radical (unpaired) electrons. The van der Waals surface area contributed by atoms with Gasteiger partial charge >= 0.3 is 0 Å². The Hall–Kier alpha value is -1.89. The summed E-state index contributed by atoms with van der Waals surface area (Å²) in [7, 11) is 0. The lowest BCUT2D eigenvalue weighted by molar-refractivity contribution is 0.627. The van der Waals surface area contributed by atoms with Crippen molar-refractivity contribution in [1.29, 1.82) is 0 Å². The van der Waals surface area contributed by atoms with Gasteiger partial charge in [0.1, 0.15) is 5.82 Å². The van der Waals surface area contributed by atoms with Gasteiger partial charge in [-0.1, -0.05) is 42.5 Å². The lowest BCUT2D eigenvalue weighted by atomic mass is 9.99. The fourth-order valence-corrected chi connectivity index (χ4v) is 2.04. The third-order valence-electron chi connectivity index (χ3n) is 2.82. The van der Waals surface area contributed by atoms with Crippen LogP contribution in [0.1, 0.15) is 16.7 Å². The number of halogens is 1. The maximum absolute atomic E-state index is 13.2. The molecule has 0 atom stereocenters. The maximum Gasteiger partial charge on any atom is 0.123 e. The molecule has 3 rings (SSSR count). The van der Waals surface area contributed by atoms with Gasteiger partial charge in [-0.05, 0) is 34.4 Å². The van der Waals surface area contributed by atoms with E-state index in [0.29, 0.717) is 0 Å². The molecule has 0 N–H and O–H groups in total. The predicted molar refractivity (Wildman–Crippen MR) is 63.3 cm³/mol. The molecule has 0 fully saturated rings. The Balaban J connectivity index is 2.12. The molecule has 1 aliphatic rings. The summed E-state index contributed by atoms with van der Waals surface area (Å²) in [5.41, 5.74) is 4.28. The third-order valence-corrected chi connectivity index (χ3v) is 2.82. The highest BCUT2D eigenvalue weighted by Crippen LogP contribution is 2.33. The Kier molecular flexibility index (Phi) is 2.10. The van der Waals surface area contributed by atoms with E-state index in [1.165, 1.54) is 6.07 Å². The molecular formula is C15H10F. The summed E-state index contributed by atoms with van der Waals surface area (Å²) < 4.78 is 13.2. The number of rotatable bonds is 1. The molecule has 0 spiro atoms. The molecule has 0 aromatic heterocycles. The number of allylic oxidation sites excluding steroid dienone is 1. The average Bonchev–Trinajstić information content (AvgIpc) is 2.73. The van der Waals surface area contributed by atoms with E-state index in [1.54, 1.807) is 6.07 Å². The van der Waals surface area contributed by atoms with E-state index in [-0.39, 0.29) is 5.82 Å². The van der Waals surface area contributed by atoms with Crippen LogP contribution in [0.2, 0.25) is 0 Å². The lowest BCUT2D eigenvalue weighted by Crippen LogP contribution is -1.88. The van der Waals surface area contributed by atoms with Gasteiger partial charge in [0.05, 0.1) is 0 Å². The molecule has 1 aliphatic carbocycles. The molecule has 0 bridgehead atoms. The largest absolute Gasteiger partial charge is 0.207 e. The van der Waals surface area contributed by atoms with Crippen molar-refractivity contribution in [2.45, 2.75) is 0 Å². The highest BCUT2D eigenvalue weighted by Gasteiger charge is 2.15. The number of benzene rings is 2. The summed E-state index contributed by atoms with van der Waals surface area (Å²) in [6, 6.07) is 15.0. The van der Waals surface area contributed by atoms with Crippen molar-refractivity contribution >= 4 is 5.57 Å². The van der Waals surface area contributed by atoms with Crippen molar-refractivity contribution in [2.24, 2.45) is 0 Å². The molecule has 1 heteroatoms. The van der Waals surface area contributed by atoms with E-state index in [4.69, 9.17) is 0 Å². The predicted octanol–water partition coefficient (Wildman–Crippen LogP) is 3.82. The average molecular weight is 209 g/mol. The first-order valence-electron chi connectivity index (χ1n) is 5.25. The second-order valence-electron chi connectivity index (χ2n) is 3.84. The van der Waals surface area contributed by atoms with Crippen LogP contribution in [0, 0.1) is 12.2 Å². The number of hydrogen-bond donors (Lipinski definition) is 0. The maximum atomic E-state index is 13.2. The van der Waals surface area contributed by atoms with Gasteiger partial charge < -0.3 is 0 Å². The van der Waals surface area contributed by atoms with Gasteiger partial charge in [-0.2, -0.15) is 0 Å². The zero-order chi connectivity index (χ0) is 11.0. The Morgan fingerprint density at radius 2 is 1.69 bits per heavy atom. The summed E-state index contributed by atoms with van der Waals surface area (Å²) in [5, 5.41) is 0. The second kappa shape index (κ2) is 3.60. The summed E-state index contributed by atoms with van der Waals surface area (Å²) in [6.45, 7) is 0. The van der Waals surface area contributed by atoms with Gasteiger partial charge in [0.15, 0.2) is 0 Å². The monoisotopic (exact) mass is 209 g/mol. The highest BCUT2D eigenvalue weighted by molar-refractivity contribution is 5.87. The van der Waals surface area contributed by atoms with Crippen LogP contribution in [0.5, 0.6) is 0 Å². The highest BCUT2D eigenvalue weighted by atomic mass is 19.1. The van der Waals surface area contributed by atoms with Crippen molar-refractivity contribution in [1.82, 2.24) is 0 Å². The van der Waals surface area contributed by atoms with E-state index < -0.39 is 0 Å². The molecule has 16 heavy (non-hydrogen) atoms. The van der Waals surface area contributed by atoms with E-state index in [9.17, 15) is 4.39 Å². The van der Waals surface area contributed by atoms with E-state index in [1.807, 2.05) is 48.9 Å². The van der Waals surface area contributed by atoms with Crippen LogP contribution in [-0.4, -0.2) is 0 Å². The molecular weight excluding hydrogens is 199 g/mol. The summed E-state index contributed by atoms with van der Waals surface area (Å²) >= 11 is 0. The summed E-state index contributed by atoms with van der Waals surface area (Å²) in [5.74, 6) is -0.184. The van der Waals surface area contributed by atoms with Gasteiger partial charge in [-0.25, -0.2) is 4.39 Å². The minimum Gasteiger partial charge on any atom is -0.207 e. The van der Waals surface area contributed by atoms with Crippen LogP contribution >= 0.6 is 0 Å². The van der Waals surface area contributed by atoms with Crippen molar-refractivity contribution < 1.29 is 4.39 Å². The Morgan fingerprint density at radius 1 is 0.875 bits per heavy atom. The molecule has 0 aliphatic heterocycles. The molecule has 0 saturated carbocycles. The normalized spacial score (nSPS) is 13.4. The Bertz CT molecular complexity index is 553. The molecule has 0 heterocycles. The van der Waals surface area contributed by atoms with Crippen LogP contribution in [0.15, 0.2) is 54.6 Å². The van der Waals surface area contributed by atoms with Gasteiger partial charge in [-0.15, -0.1) is 0 Å². The summed E-state index contributed by atoms with van der Waals surface area (Å²) in [6.07, 6.45) is 4.07. The topological polar surface area (TPSA) is 0 Å². The fourth-order valence-electron chi connectivity index (χ4n) is 2.04. The van der Waals surface area contributed by atoms with Gasteiger partial charge in [0.2, 0.25) is 0 Å². The van der Waals surface area contributed by atoms with Crippen LogP contribution in [0.3, 0.4) is 0 Å². The van der Waals surface area contributed by atoms with Crippen LogP contribution < -0.4 is 0 Å². The first kappa shape index (κ1) is 9.34. The van der Waals surface area contributed by atoms with Crippen LogP contribution in [0.25, 0.3) is 5.57 Å². The smallest absolute Gasteiger partial charge is 0.123 e. The van der Waals surface area contributed by atoms with Crippen molar-refractivity contribution in [2.75, 3.05) is 0 Å². The van der Waals surface area contributed by atoms with Gasteiger partial charge in [0, 0.05) is 6.42 Å². The minimum atomic E-state index is -0.184. The van der Waals surface area contributed by atoms with Gasteiger partial charge in [0.25, 0.3) is 0 Å². The van der Waals surface area contributed by atoms with E-state index in [2.05, 4.69) is 0 Å². The van der Waals surface area contributed by atoms with Crippen molar-refractivity contribution in [3.8, 4) is 0 Å². The van der Waals surface area contributed by atoms with Crippen LogP contribution in [-0.2, 0) is 0 Å². The van der Waals surface area contributed by atoms with Crippen LogP contribution in [0.4, 0.5) is 4.39 Å². The Morgan fingerprint density at radius 3 is 2.50 bits per heavy atom. The molecule has 77 valence electrons. The second-order valence-corrected chi connectivity index (χ2v) is 3.84. The standard InChI is InChI=1S/C15H10F/c16-13-8-6-12-7-9-14(15(12)10-13)11-4-2-1-3-5-11/h1-10H. The molecule has 2 aromatic rings. The van der Waals surface area contributed by atoms with Gasteiger partial charge in [-0.3, -0.25) is 0 Å². The molecule has 0 saturated heterocycles. The molecule has 2 aromatic carbocycles. The van der Waals surface area contributed by atoms with Crippen molar-refractivity contribution in [3.63, 3.8) is 0 Å². The fraction of sp³-hybridized carbons (Fsp3) is 0. The quantitative estimate of drug-likeness (QED) is 0.669. The Labute approximate surface area is 94.1 Å². The first-order chi connectivity index (χ1) is 7.84. The summed E-state index contributed by atoms with van der Waals surface area (Å²) in [4.78, 5) is 0. The SMILES string of the molecule is Fc1ccc2c(c1)C(c1ccccc1)=C[CH]2. The lowest BCUT2D eigenvalue weighted by Gasteiger charge is -2.05. The van der Waals surface area contributed by atoms with E-state index >= 15 is 0 Å². The zero-order valence-electron chi connectivity index (χ0n) is 8.65. The van der Waals surface area contributed by atoms with Crippen molar-refractivity contribution in [3.05, 3.63) is 83.5 Å². The number of fused-ring (bicyclic) bond motifs is 1. The first-order valence-corrected chi connectivity index (χ1v) is 5.25. The third kappa shape index (κ3) is 1.45. The minimum absolute atomic E-state index is 0.184.